The summed E-state index contributed by atoms with van der Waals surface area (Å²) in [5, 5.41) is 0. The molecule has 3 nitrogen and oxygen atoms in total. The molecule has 0 radical (unpaired) electrons. The van der Waals surface area contributed by atoms with Gasteiger partial charge in [0.1, 0.15) is 0 Å². The molecule has 106 valence electrons. The molecule has 0 bridgehead atoms. The summed E-state index contributed by atoms with van der Waals surface area (Å²) in [5.74, 6) is 0.600. The number of halogens is 1. The van der Waals surface area contributed by atoms with Crippen LogP contribution >= 0.6 is 15.9 Å². The quantitative estimate of drug-likeness (QED) is 0.805. The molecule has 1 N–H and O–H groups in total. The monoisotopic (exact) mass is 345 g/mol. The third kappa shape index (κ3) is 4.89. The van der Waals surface area contributed by atoms with Crippen molar-refractivity contribution in [3.05, 3.63) is 35.9 Å². The van der Waals surface area contributed by atoms with Gasteiger partial charge in [-0.15, -0.1) is 0 Å². The first-order valence-electron chi connectivity index (χ1n) is 6.72. The largest absolute Gasteiger partial charge is 0.215 e. The van der Waals surface area contributed by atoms with Crippen molar-refractivity contribution in [3.63, 3.8) is 0 Å². The zero-order chi connectivity index (χ0) is 13.7. The van der Waals surface area contributed by atoms with Crippen LogP contribution in [0.3, 0.4) is 0 Å². The molecule has 0 heterocycles. The van der Waals surface area contributed by atoms with Crippen molar-refractivity contribution < 1.29 is 8.42 Å². The molecule has 2 rings (SSSR count). The Bertz CT molecular complexity index is 489. The van der Waals surface area contributed by atoms with E-state index in [2.05, 4.69) is 20.7 Å². The summed E-state index contributed by atoms with van der Waals surface area (Å²) in [5.41, 5.74) is 1.06. The minimum atomic E-state index is -3.16. The van der Waals surface area contributed by atoms with Gasteiger partial charge in [0, 0.05) is 11.4 Å². The minimum absolute atomic E-state index is 0.163. The molecular weight excluding hydrogens is 326 g/mol. The second kappa shape index (κ2) is 6.86. The Morgan fingerprint density at radius 3 is 2.58 bits per heavy atom. The number of aryl methyl sites for hydroxylation is 1. The topological polar surface area (TPSA) is 46.2 Å². The van der Waals surface area contributed by atoms with E-state index in [1.807, 2.05) is 30.3 Å². The summed E-state index contributed by atoms with van der Waals surface area (Å²) in [6.45, 7) is 0.563. The summed E-state index contributed by atoms with van der Waals surface area (Å²) < 4.78 is 26.6. The lowest BCUT2D eigenvalue weighted by atomic mass is 10.1. The Morgan fingerprint density at radius 2 is 1.95 bits per heavy atom. The van der Waals surface area contributed by atoms with Crippen molar-refractivity contribution >= 4 is 26.0 Å². The molecule has 2 atom stereocenters. The third-order valence-corrected chi connectivity index (χ3v) is 6.19. The van der Waals surface area contributed by atoms with Crippen molar-refractivity contribution in [3.8, 4) is 0 Å². The molecule has 0 aromatic heterocycles. The Hall–Kier alpha value is -0.390. The zero-order valence-corrected chi connectivity index (χ0v) is 13.3. The highest BCUT2D eigenvalue weighted by Gasteiger charge is 2.25. The molecule has 0 spiro atoms. The van der Waals surface area contributed by atoms with Gasteiger partial charge in [0.15, 0.2) is 0 Å². The fourth-order valence-corrected chi connectivity index (χ4v) is 4.32. The Labute approximate surface area is 124 Å². The smallest absolute Gasteiger partial charge is 0.211 e. The SMILES string of the molecule is O=S(=O)(CCc1ccccc1)NCC1CCCC1Br. The van der Waals surface area contributed by atoms with Gasteiger partial charge < -0.3 is 0 Å². The van der Waals surface area contributed by atoms with Gasteiger partial charge in [-0.1, -0.05) is 52.7 Å². The van der Waals surface area contributed by atoms with Gasteiger partial charge in [0.2, 0.25) is 10.0 Å². The second-order valence-corrected chi connectivity index (χ2v) is 8.21. The fourth-order valence-electron chi connectivity index (χ4n) is 2.42. The van der Waals surface area contributed by atoms with E-state index < -0.39 is 10.0 Å². The molecule has 1 aromatic rings. The van der Waals surface area contributed by atoms with E-state index in [0.717, 1.165) is 18.4 Å². The Morgan fingerprint density at radius 1 is 1.21 bits per heavy atom. The molecule has 19 heavy (non-hydrogen) atoms. The Balaban J connectivity index is 1.79. The van der Waals surface area contributed by atoms with Crippen LogP contribution in [0.25, 0.3) is 0 Å². The number of sulfonamides is 1. The highest BCUT2D eigenvalue weighted by Crippen LogP contribution is 2.30. The average Bonchev–Trinajstić information content (AvgIpc) is 2.81. The summed E-state index contributed by atoms with van der Waals surface area (Å²) in [6, 6.07) is 9.72. The van der Waals surface area contributed by atoms with Gasteiger partial charge in [0.05, 0.1) is 5.75 Å². The van der Waals surface area contributed by atoms with E-state index in [-0.39, 0.29) is 5.75 Å². The van der Waals surface area contributed by atoms with Crippen molar-refractivity contribution in [2.24, 2.45) is 5.92 Å². The molecule has 1 aliphatic carbocycles. The van der Waals surface area contributed by atoms with Gasteiger partial charge >= 0.3 is 0 Å². The van der Waals surface area contributed by atoms with E-state index >= 15 is 0 Å². The third-order valence-electron chi connectivity index (χ3n) is 3.63. The van der Waals surface area contributed by atoms with Crippen molar-refractivity contribution in [1.29, 1.82) is 0 Å². The molecule has 1 saturated carbocycles. The van der Waals surface area contributed by atoms with Crippen molar-refractivity contribution in [2.45, 2.75) is 30.5 Å². The first-order chi connectivity index (χ1) is 9.07. The fraction of sp³-hybridized carbons (Fsp3) is 0.571. The molecule has 2 unspecified atom stereocenters. The normalized spacial score (nSPS) is 23.6. The van der Waals surface area contributed by atoms with Crippen LogP contribution in [0.5, 0.6) is 0 Å². The first-order valence-corrected chi connectivity index (χ1v) is 9.29. The lowest BCUT2D eigenvalue weighted by Gasteiger charge is -2.14. The molecule has 1 aromatic carbocycles. The molecule has 1 fully saturated rings. The molecule has 5 heteroatoms. The maximum atomic E-state index is 11.9. The summed E-state index contributed by atoms with van der Waals surface area (Å²) in [7, 11) is -3.16. The predicted octanol–water partition coefficient (Wildman–Crippen LogP) is 2.71. The van der Waals surface area contributed by atoms with Crippen LogP contribution in [0.2, 0.25) is 0 Å². The van der Waals surface area contributed by atoms with Gasteiger partial charge in [-0.2, -0.15) is 0 Å². The zero-order valence-electron chi connectivity index (χ0n) is 10.9. The standard InChI is InChI=1S/C14H20BrNO2S/c15-14-8-4-7-13(14)11-16-19(17,18)10-9-12-5-2-1-3-6-12/h1-3,5-6,13-14,16H,4,7-11H2. The van der Waals surface area contributed by atoms with Crippen LogP contribution in [-0.2, 0) is 16.4 Å². The Kier molecular flexibility index (Phi) is 5.42. The van der Waals surface area contributed by atoms with Crippen LogP contribution in [-0.4, -0.2) is 25.5 Å². The number of rotatable bonds is 6. The lowest BCUT2D eigenvalue weighted by molar-refractivity contribution is 0.529. The number of alkyl halides is 1. The predicted molar refractivity (Wildman–Crippen MR) is 82.0 cm³/mol. The first kappa shape index (κ1) is 15.0. The van der Waals surface area contributed by atoms with Gasteiger partial charge in [0.25, 0.3) is 0 Å². The molecule has 0 aliphatic heterocycles. The minimum Gasteiger partial charge on any atom is -0.215 e. The van der Waals surface area contributed by atoms with E-state index in [1.54, 1.807) is 0 Å². The average molecular weight is 346 g/mol. The van der Waals surface area contributed by atoms with E-state index in [9.17, 15) is 8.42 Å². The summed E-state index contributed by atoms with van der Waals surface area (Å²) in [6.07, 6.45) is 4.01. The van der Waals surface area contributed by atoms with Crippen molar-refractivity contribution in [1.82, 2.24) is 4.72 Å². The van der Waals surface area contributed by atoms with Crippen molar-refractivity contribution in [2.75, 3.05) is 12.3 Å². The number of hydrogen-bond donors (Lipinski definition) is 1. The van der Waals surface area contributed by atoms with Crippen LogP contribution < -0.4 is 4.72 Å². The number of hydrogen-bond acceptors (Lipinski definition) is 2. The maximum Gasteiger partial charge on any atom is 0.211 e. The van der Waals surface area contributed by atoms with Crippen LogP contribution in [0.1, 0.15) is 24.8 Å². The van der Waals surface area contributed by atoms with E-state index in [0.29, 0.717) is 23.7 Å². The summed E-state index contributed by atoms with van der Waals surface area (Å²) in [4.78, 5) is 0.462. The molecule has 0 amide bonds. The molecular formula is C14H20BrNO2S. The van der Waals surface area contributed by atoms with Crippen LogP contribution in [0.15, 0.2) is 30.3 Å². The molecule has 0 saturated heterocycles. The highest BCUT2D eigenvalue weighted by atomic mass is 79.9. The van der Waals surface area contributed by atoms with E-state index in [1.165, 1.54) is 6.42 Å². The van der Waals surface area contributed by atoms with Crippen LogP contribution in [0.4, 0.5) is 0 Å². The highest BCUT2D eigenvalue weighted by molar-refractivity contribution is 9.09. The summed E-state index contributed by atoms with van der Waals surface area (Å²) >= 11 is 3.61. The number of nitrogens with one attached hydrogen (secondary N) is 1. The lowest BCUT2D eigenvalue weighted by Crippen LogP contribution is -2.33. The van der Waals surface area contributed by atoms with Gasteiger partial charge in [-0.25, -0.2) is 13.1 Å². The van der Waals surface area contributed by atoms with Gasteiger partial charge in [-0.05, 0) is 30.7 Å². The van der Waals surface area contributed by atoms with Gasteiger partial charge in [-0.3, -0.25) is 0 Å². The molecule has 1 aliphatic rings. The van der Waals surface area contributed by atoms with Crippen LogP contribution in [0, 0.1) is 5.92 Å². The number of benzene rings is 1. The van der Waals surface area contributed by atoms with E-state index in [4.69, 9.17) is 0 Å². The maximum absolute atomic E-state index is 11.9. The second-order valence-electron chi connectivity index (χ2n) is 5.11.